The molecule has 0 saturated carbocycles. The van der Waals surface area contributed by atoms with Crippen LogP contribution in [0.5, 0.6) is 0 Å². The number of hydrogen-bond acceptors (Lipinski definition) is 4. The maximum absolute atomic E-state index is 11.6. The van der Waals surface area contributed by atoms with Gasteiger partial charge in [-0.1, -0.05) is 0 Å². The highest BCUT2D eigenvalue weighted by atomic mass is 32.2. The highest BCUT2D eigenvalue weighted by molar-refractivity contribution is 7.89. The topological polar surface area (TPSA) is 81.4 Å². The van der Waals surface area contributed by atoms with Crippen LogP contribution in [0.3, 0.4) is 0 Å². The SMILES string of the molecule is N#CCS(=O)(=O)N1CCCC1CCCO. The minimum Gasteiger partial charge on any atom is -0.396 e. The molecule has 0 radical (unpaired) electrons. The number of nitrogens with zero attached hydrogens (tertiary/aromatic N) is 2. The number of aliphatic hydroxyl groups excluding tert-OH is 1. The average molecular weight is 232 g/mol. The van der Waals surface area contributed by atoms with E-state index in [-0.39, 0.29) is 12.6 Å². The molecule has 1 aliphatic heterocycles. The Morgan fingerprint density at radius 3 is 2.87 bits per heavy atom. The fraction of sp³-hybridized carbons (Fsp3) is 0.889. The van der Waals surface area contributed by atoms with E-state index in [1.54, 1.807) is 6.07 Å². The van der Waals surface area contributed by atoms with Crippen molar-refractivity contribution in [1.82, 2.24) is 4.31 Å². The highest BCUT2D eigenvalue weighted by Crippen LogP contribution is 2.24. The lowest BCUT2D eigenvalue weighted by Crippen LogP contribution is -2.36. The predicted molar refractivity (Wildman–Crippen MR) is 55.4 cm³/mol. The summed E-state index contributed by atoms with van der Waals surface area (Å²) in [6, 6.07) is 1.66. The summed E-state index contributed by atoms with van der Waals surface area (Å²) in [6.45, 7) is 0.600. The van der Waals surface area contributed by atoms with Crippen molar-refractivity contribution in [3.63, 3.8) is 0 Å². The smallest absolute Gasteiger partial charge is 0.227 e. The Bertz CT molecular complexity index is 334. The molecule has 0 aliphatic carbocycles. The van der Waals surface area contributed by atoms with Gasteiger partial charge in [-0.2, -0.15) is 9.57 Å². The second-order valence-electron chi connectivity index (χ2n) is 3.69. The minimum absolute atomic E-state index is 0.0181. The van der Waals surface area contributed by atoms with Crippen molar-refractivity contribution in [3.8, 4) is 6.07 Å². The number of hydrogen-bond donors (Lipinski definition) is 1. The Kier molecular flexibility index (Phi) is 4.51. The quantitative estimate of drug-likeness (QED) is 0.727. The summed E-state index contributed by atoms with van der Waals surface area (Å²) in [6.07, 6.45) is 2.98. The molecule has 1 aliphatic rings. The molecule has 1 saturated heterocycles. The third-order valence-electron chi connectivity index (χ3n) is 2.62. The number of sulfonamides is 1. The lowest BCUT2D eigenvalue weighted by molar-refractivity contribution is 0.264. The van der Waals surface area contributed by atoms with Crippen LogP contribution in [-0.2, 0) is 10.0 Å². The maximum Gasteiger partial charge on any atom is 0.227 e. The van der Waals surface area contributed by atoms with E-state index in [9.17, 15) is 8.42 Å². The molecule has 0 aromatic carbocycles. The number of rotatable bonds is 5. The van der Waals surface area contributed by atoms with E-state index in [0.29, 0.717) is 19.4 Å². The van der Waals surface area contributed by atoms with Crippen molar-refractivity contribution < 1.29 is 13.5 Å². The number of nitriles is 1. The van der Waals surface area contributed by atoms with Gasteiger partial charge in [0.25, 0.3) is 0 Å². The third kappa shape index (κ3) is 3.16. The lowest BCUT2D eigenvalue weighted by Gasteiger charge is -2.22. The van der Waals surface area contributed by atoms with Crippen LogP contribution in [0, 0.1) is 11.3 Å². The standard InChI is InChI=1S/C9H16N2O3S/c10-5-8-15(13,14)11-6-1-3-9(11)4-2-7-12/h9,12H,1-4,6-8H2. The van der Waals surface area contributed by atoms with Crippen LogP contribution in [0.25, 0.3) is 0 Å². The van der Waals surface area contributed by atoms with Crippen molar-refractivity contribution in [2.45, 2.75) is 31.7 Å². The van der Waals surface area contributed by atoms with Crippen LogP contribution >= 0.6 is 0 Å². The van der Waals surface area contributed by atoms with Gasteiger partial charge in [-0.15, -0.1) is 0 Å². The monoisotopic (exact) mass is 232 g/mol. The van der Waals surface area contributed by atoms with Crippen LogP contribution in [0.1, 0.15) is 25.7 Å². The molecule has 6 heteroatoms. The van der Waals surface area contributed by atoms with Crippen molar-refractivity contribution >= 4 is 10.0 Å². The Morgan fingerprint density at radius 1 is 1.53 bits per heavy atom. The lowest BCUT2D eigenvalue weighted by atomic mass is 10.1. The Morgan fingerprint density at radius 2 is 2.27 bits per heavy atom. The largest absolute Gasteiger partial charge is 0.396 e. The third-order valence-corrected chi connectivity index (χ3v) is 4.31. The zero-order valence-corrected chi connectivity index (χ0v) is 9.41. The van der Waals surface area contributed by atoms with E-state index in [1.807, 2.05) is 0 Å². The Balaban J connectivity index is 2.64. The van der Waals surface area contributed by atoms with Gasteiger partial charge in [-0.25, -0.2) is 8.42 Å². The molecule has 1 unspecified atom stereocenters. The summed E-state index contributed by atoms with van der Waals surface area (Å²) < 4.78 is 24.7. The maximum atomic E-state index is 11.6. The van der Waals surface area contributed by atoms with Crippen molar-refractivity contribution in [1.29, 1.82) is 5.26 Å². The molecule has 86 valence electrons. The molecule has 1 atom stereocenters. The van der Waals surface area contributed by atoms with Gasteiger partial charge in [0, 0.05) is 19.2 Å². The minimum atomic E-state index is -3.40. The van der Waals surface area contributed by atoms with Gasteiger partial charge in [0.05, 0.1) is 6.07 Å². The van der Waals surface area contributed by atoms with E-state index in [0.717, 1.165) is 12.8 Å². The van der Waals surface area contributed by atoms with Crippen molar-refractivity contribution in [2.75, 3.05) is 18.9 Å². The summed E-state index contributed by atoms with van der Waals surface area (Å²) in [7, 11) is -3.40. The van der Waals surface area contributed by atoms with Crippen LogP contribution in [0.15, 0.2) is 0 Å². The normalized spacial score (nSPS) is 22.8. The summed E-state index contributed by atoms with van der Waals surface area (Å²) in [5.41, 5.74) is 0. The molecule has 1 heterocycles. The first-order valence-electron chi connectivity index (χ1n) is 5.09. The zero-order valence-electron chi connectivity index (χ0n) is 8.59. The van der Waals surface area contributed by atoms with Gasteiger partial charge >= 0.3 is 0 Å². The van der Waals surface area contributed by atoms with Crippen LogP contribution in [0.4, 0.5) is 0 Å². The van der Waals surface area contributed by atoms with E-state index in [2.05, 4.69) is 0 Å². The van der Waals surface area contributed by atoms with Crippen LogP contribution in [-0.4, -0.2) is 42.8 Å². The molecule has 0 amide bonds. The van der Waals surface area contributed by atoms with Crippen LogP contribution in [0.2, 0.25) is 0 Å². The van der Waals surface area contributed by atoms with Crippen molar-refractivity contribution in [3.05, 3.63) is 0 Å². The second kappa shape index (κ2) is 5.45. The summed E-state index contributed by atoms with van der Waals surface area (Å²) >= 11 is 0. The van der Waals surface area contributed by atoms with Gasteiger partial charge in [-0.05, 0) is 25.7 Å². The summed E-state index contributed by atoms with van der Waals surface area (Å²) in [4.78, 5) is 0. The summed E-state index contributed by atoms with van der Waals surface area (Å²) in [5, 5.41) is 17.1. The Hall–Kier alpha value is -0.640. The van der Waals surface area contributed by atoms with E-state index in [4.69, 9.17) is 10.4 Å². The van der Waals surface area contributed by atoms with Gasteiger partial charge in [0.2, 0.25) is 10.0 Å². The average Bonchev–Trinajstić information content (AvgIpc) is 2.63. The zero-order chi connectivity index (χ0) is 11.3. The molecule has 0 bridgehead atoms. The molecule has 5 nitrogen and oxygen atoms in total. The van der Waals surface area contributed by atoms with Crippen LogP contribution < -0.4 is 0 Å². The number of aliphatic hydroxyl groups is 1. The molecule has 15 heavy (non-hydrogen) atoms. The first kappa shape index (κ1) is 12.4. The van der Waals surface area contributed by atoms with Gasteiger partial charge < -0.3 is 5.11 Å². The molecular formula is C9H16N2O3S. The molecule has 0 aromatic heterocycles. The van der Waals surface area contributed by atoms with E-state index >= 15 is 0 Å². The molecular weight excluding hydrogens is 216 g/mol. The highest BCUT2D eigenvalue weighted by Gasteiger charge is 2.33. The van der Waals surface area contributed by atoms with Gasteiger partial charge in [0.15, 0.2) is 5.75 Å². The molecule has 1 N–H and O–H groups in total. The first-order chi connectivity index (χ1) is 7.11. The van der Waals surface area contributed by atoms with Crippen molar-refractivity contribution in [2.24, 2.45) is 0 Å². The summed E-state index contributed by atoms with van der Waals surface area (Å²) in [5.74, 6) is -0.442. The first-order valence-corrected chi connectivity index (χ1v) is 6.70. The molecule has 0 spiro atoms. The molecule has 1 rings (SSSR count). The molecule has 0 aromatic rings. The van der Waals surface area contributed by atoms with Gasteiger partial charge in [-0.3, -0.25) is 0 Å². The Labute approximate surface area is 90.4 Å². The second-order valence-corrected chi connectivity index (χ2v) is 5.61. The van der Waals surface area contributed by atoms with E-state index < -0.39 is 15.8 Å². The fourth-order valence-corrected chi connectivity index (χ4v) is 3.36. The predicted octanol–water partition coefficient (Wildman–Crippen LogP) is 0.0767. The van der Waals surface area contributed by atoms with E-state index in [1.165, 1.54) is 4.31 Å². The fourth-order valence-electron chi connectivity index (χ4n) is 1.96. The molecule has 1 fully saturated rings. The van der Waals surface area contributed by atoms with Gasteiger partial charge in [0.1, 0.15) is 0 Å².